The maximum atomic E-state index is 5.81. The summed E-state index contributed by atoms with van der Waals surface area (Å²) in [5, 5.41) is 0.904. The minimum Gasteiger partial charge on any atom is -0.382 e. The van der Waals surface area contributed by atoms with E-state index >= 15 is 0 Å². The molecule has 0 fully saturated rings. The highest BCUT2D eigenvalue weighted by Crippen LogP contribution is 2.37. The van der Waals surface area contributed by atoms with Gasteiger partial charge >= 0.3 is 0 Å². The van der Waals surface area contributed by atoms with E-state index in [0.717, 1.165) is 18.0 Å². The first-order valence-corrected chi connectivity index (χ1v) is 6.14. The Labute approximate surface area is 96.5 Å². The van der Waals surface area contributed by atoms with Crippen LogP contribution in [0.25, 0.3) is 9.88 Å². The summed E-state index contributed by atoms with van der Waals surface area (Å²) < 4.78 is 1.63. The van der Waals surface area contributed by atoms with E-state index in [4.69, 9.17) is 17.3 Å². The van der Waals surface area contributed by atoms with Crippen LogP contribution in [0.1, 0.15) is 0 Å². The second-order valence-corrected chi connectivity index (χ2v) is 6.31. The molecule has 0 bridgehead atoms. The predicted molar refractivity (Wildman–Crippen MR) is 62.5 cm³/mol. The molecule has 0 unspecified atom stereocenters. The lowest BCUT2D eigenvalue weighted by molar-refractivity contribution is 1.42. The number of nitrogens with two attached hydrogens (primary N) is 1. The number of thiophene rings is 1. The van der Waals surface area contributed by atoms with Crippen LogP contribution in [0.4, 0.5) is 5.82 Å². The van der Waals surface area contributed by atoms with Crippen molar-refractivity contribution in [3.05, 3.63) is 20.3 Å². The molecule has 0 radical (unpaired) electrons. The summed E-state index contributed by atoms with van der Waals surface area (Å²) in [6.45, 7) is 0. The van der Waals surface area contributed by atoms with E-state index in [1.165, 1.54) is 22.7 Å². The molecule has 6 heteroatoms. The number of nitrogens with zero attached hydrogens (tertiary/aromatic N) is 1. The molecule has 68 valence electrons. The van der Waals surface area contributed by atoms with Crippen LogP contribution in [-0.4, -0.2) is 4.98 Å². The van der Waals surface area contributed by atoms with Crippen molar-refractivity contribution < 1.29 is 0 Å². The molecule has 2 aromatic rings. The van der Waals surface area contributed by atoms with Gasteiger partial charge in [0.05, 0.1) is 9.21 Å². The van der Waals surface area contributed by atoms with Crippen molar-refractivity contribution in [1.29, 1.82) is 0 Å². The van der Waals surface area contributed by atoms with Gasteiger partial charge in [0, 0.05) is 0 Å². The first kappa shape index (κ1) is 9.45. The molecule has 0 aliphatic rings. The molecule has 0 spiro atoms. The number of hydrogen-bond acceptors (Lipinski definition) is 4. The molecule has 0 atom stereocenters. The summed E-state index contributed by atoms with van der Waals surface area (Å²) in [6.07, 6.45) is 0. The molecule has 0 saturated heterocycles. The van der Waals surface area contributed by atoms with Gasteiger partial charge in [0.1, 0.15) is 14.6 Å². The van der Waals surface area contributed by atoms with Crippen molar-refractivity contribution in [2.75, 3.05) is 5.73 Å². The minimum atomic E-state index is 0.532. The van der Waals surface area contributed by atoms with Gasteiger partial charge in [-0.15, -0.1) is 22.7 Å². The average Bonchev–Trinajstić information content (AvgIpc) is 2.61. The summed E-state index contributed by atoms with van der Waals surface area (Å²) in [5.41, 5.74) is 5.61. The normalized spacial score (nSPS) is 10.6. The monoisotopic (exact) mass is 294 g/mol. The minimum absolute atomic E-state index is 0.532. The SMILES string of the molecule is Nc1nc(-c2ccc(Cl)s2)sc1Br. The van der Waals surface area contributed by atoms with Crippen molar-refractivity contribution in [1.82, 2.24) is 4.98 Å². The molecule has 2 nitrogen and oxygen atoms in total. The van der Waals surface area contributed by atoms with Crippen LogP contribution in [0, 0.1) is 0 Å². The molecular weight excluding hydrogens is 292 g/mol. The van der Waals surface area contributed by atoms with Gasteiger partial charge in [-0.05, 0) is 28.1 Å². The third-order valence-electron chi connectivity index (χ3n) is 1.39. The van der Waals surface area contributed by atoms with Crippen molar-refractivity contribution in [2.24, 2.45) is 0 Å². The van der Waals surface area contributed by atoms with Crippen LogP contribution in [0.5, 0.6) is 0 Å². The van der Waals surface area contributed by atoms with E-state index in [-0.39, 0.29) is 0 Å². The van der Waals surface area contributed by atoms with E-state index < -0.39 is 0 Å². The number of rotatable bonds is 1. The fraction of sp³-hybridized carbons (Fsp3) is 0. The zero-order chi connectivity index (χ0) is 9.42. The summed E-state index contributed by atoms with van der Waals surface area (Å²) in [4.78, 5) is 5.24. The molecule has 0 aromatic carbocycles. The molecule has 0 aliphatic heterocycles. The molecule has 2 N–H and O–H groups in total. The maximum Gasteiger partial charge on any atom is 0.149 e. The van der Waals surface area contributed by atoms with E-state index in [0.29, 0.717) is 5.82 Å². The van der Waals surface area contributed by atoms with Crippen LogP contribution in [0.15, 0.2) is 15.9 Å². The number of anilines is 1. The Kier molecular flexibility index (Phi) is 2.60. The molecule has 2 heterocycles. The second kappa shape index (κ2) is 3.57. The zero-order valence-corrected chi connectivity index (χ0v) is 10.2. The Morgan fingerprint density at radius 1 is 1.38 bits per heavy atom. The van der Waals surface area contributed by atoms with Crippen molar-refractivity contribution in [3.8, 4) is 9.88 Å². The smallest absolute Gasteiger partial charge is 0.149 e. The molecule has 0 saturated carbocycles. The second-order valence-electron chi connectivity index (χ2n) is 2.28. The standard InChI is InChI=1S/C7H4BrClN2S2/c8-5-6(10)11-7(13-5)3-1-2-4(9)12-3/h1-2H,10H2. The van der Waals surface area contributed by atoms with Gasteiger partial charge in [-0.3, -0.25) is 0 Å². The Morgan fingerprint density at radius 3 is 2.62 bits per heavy atom. The Morgan fingerprint density at radius 2 is 2.15 bits per heavy atom. The topological polar surface area (TPSA) is 38.9 Å². The highest BCUT2D eigenvalue weighted by Gasteiger charge is 2.09. The van der Waals surface area contributed by atoms with Gasteiger partial charge in [-0.1, -0.05) is 11.6 Å². The van der Waals surface area contributed by atoms with Gasteiger partial charge in [0.2, 0.25) is 0 Å². The largest absolute Gasteiger partial charge is 0.382 e. The van der Waals surface area contributed by atoms with Crippen molar-refractivity contribution in [2.45, 2.75) is 0 Å². The first-order valence-electron chi connectivity index (χ1n) is 3.34. The number of nitrogen functional groups attached to an aromatic ring is 1. The van der Waals surface area contributed by atoms with Crippen LogP contribution in [0.3, 0.4) is 0 Å². The van der Waals surface area contributed by atoms with Gasteiger partial charge in [-0.2, -0.15) is 0 Å². The lowest BCUT2D eigenvalue weighted by Crippen LogP contribution is -1.83. The van der Waals surface area contributed by atoms with Crippen molar-refractivity contribution >= 4 is 56.0 Å². The van der Waals surface area contributed by atoms with E-state index in [9.17, 15) is 0 Å². The zero-order valence-electron chi connectivity index (χ0n) is 6.25. The van der Waals surface area contributed by atoms with E-state index in [1.807, 2.05) is 12.1 Å². The average molecular weight is 296 g/mol. The molecule has 0 aliphatic carbocycles. The summed E-state index contributed by atoms with van der Waals surface area (Å²) in [5.74, 6) is 0.532. The maximum absolute atomic E-state index is 5.81. The first-order chi connectivity index (χ1) is 6.16. The predicted octanol–water partition coefficient (Wildman–Crippen LogP) is 3.87. The quantitative estimate of drug-likeness (QED) is 0.867. The third-order valence-corrected chi connectivity index (χ3v) is 4.55. The molecule has 0 amide bonds. The van der Waals surface area contributed by atoms with Crippen LogP contribution in [-0.2, 0) is 0 Å². The molecule has 2 aromatic heterocycles. The van der Waals surface area contributed by atoms with Crippen LogP contribution >= 0.6 is 50.2 Å². The van der Waals surface area contributed by atoms with Crippen molar-refractivity contribution in [3.63, 3.8) is 0 Å². The van der Waals surface area contributed by atoms with Crippen LogP contribution < -0.4 is 5.73 Å². The van der Waals surface area contributed by atoms with Crippen LogP contribution in [0.2, 0.25) is 4.34 Å². The molecule has 2 rings (SSSR count). The van der Waals surface area contributed by atoms with Gasteiger partial charge in [0.25, 0.3) is 0 Å². The lowest BCUT2D eigenvalue weighted by atomic mass is 10.5. The number of hydrogen-bond donors (Lipinski definition) is 1. The summed E-state index contributed by atoms with van der Waals surface area (Å²) >= 11 is 12.1. The Bertz CT molecular complexity index is 418. The highest BCUT2D eigenvalue weighted by atomic mass is 79.9. The van der Waals surface area contributed by atoms with E-state index in [2.05, 4.69) is 20.9 Å². The van der Waals surface area contributed by atoms with E-state index in [1.54, 1.807) is 0 Å². The highest BCUT2D eigenvalue weighted by molar-refractivity contribution is 9.11. The van der Waals surface area contributed by atoms with Gasteiger partial charge in [-0.25, -0.2) is 4.98 Å². The Balaban J connectivity index is 2.46. The number of thiazole rings is 1. The lowest BCUT2D eigenvalue weighted by Gasteiger charge is -1.84. The molecule has 13 heavy (non-hydrogen) atoms. The summed E-state index contributed by atoms with van der Waals surface area (Å²) in [6, 6.07) is 3.80. The summed E-state index contributed by atoms with van der Waals surface area (Å²) in [7, 11) is 0. The number of halogens is 2. The third kappa shape index (κ3) is 1.88. The molecular formula is C7H4BrClN2S2. The van der Waals surface area contributed by atoms with Gasteiger partial charge < -0.3 is 5.73 Å². The Hall–Kier alpha value is -0.100. The van der Waals surface area contributed by atoms with Gasteiger partial charge in [0.15, 0.2) is 0 Å². The number of aromatic nitrogens is 1. The fourth-order valence-corrected chi connectivity index (χ4v) is 3.21. The fourth-order valence-electron chi connectivity index (χ4n) is 0.848.